The van der Waals surface area contributed by atoms with Crippen molar-refractivity contribution >= 4 is 22.5 Å². The first-order chi connectivity index (χ1) is 13.1. The van der Waals surface area contributed by atoms with Crippen LogP contribution in [0.25, 0.3) is 10.9 Å². The highest BCUT2D eigenvalue weighted by molar-refractivity contribution is 6.13. The van der Waals surface area contributed by atoms with Crippen molar-refractivity contribution in [3.63, 3.8) is 0 Å². The van der Waals surface area contributed by atoms with Gasteiger partial charge in [0, 0.05) is 22.8 Å². The molecule has 5 nitrogen and oxygen atoms in total. The average Bonchev–Trinajstić information content (AvgIpc) is 2.68. The second-order valence-corrected chi connectivity index (χ2v) is 6.18. The molecule has 5 heteroatoms. The minimum Gasteiger partial charge on any atom is -0.493 e. The van der Waals surface area contributed by atoms with Gasteiger partial charge < -0.3 is 14.8 Å². The fourth-order valence-electron chi connectivity index (χ4n) is 3.21. The van der Waals surface area contributed by atoms with E-state index in [0.717, 1.165) is 28.6 Å². The van der Waals surface area contributed by atoms with E-state index in [0.29, 0.717) is 29.4 Å². The van der Waals surface area contributed by atoms with Gasteiger partial charge in [0.2, 0.25) is 0 Å². The Bertz CT molecular complexity index is 983. The zero-order chi connectivity index (χ0) is 19.4. The normalized spacial score (nSPS) is 10.7. The highest BCUT2D eigenvalue weighted by Gasteiger charge is 2.18. The zero-order valence-corrected chi connectivity index (χ0v) is 16.1. The molecular weight excluding hydrogens is 340 g/mol. The lowest BCUT2D eigenvalue weighted by Gasteiger charge is -2.15. The summed E-state index contributed by atoms with van der Waals surface area (Å²) in [5.41, 5.74) is 3.98. The van der Waals surface area contributed by atoms with E-state index in [4.69, 9.17) is 9.47 Å². The molecular formula is C22H24N2O3. The molecule has 0 fully saturated rings. The van der Waals surface area contributed by atoms with Crippen molar-refractivity contribution < 1.29 is 14.3 Å². The monoisotopic (exact) mass is 364 g/mol. The molecule has 0 saturated heterocycles. The molecule has 2 aromatic carbocycles. The van der Waals surface area contributed by atoms with Gasteiger partial charge in [0.15, 0.2) is 11.5 Å². The lowest BCUT2D eigenvalue weighted by atomic mass is 9.99. The van der Waals surface area contributed by atoms with Gasteiger partial charge in [0.05, 0.1) is 24.8 Å². The van der Waals surface area contributed by atoms with E-state index in [9.17, 15) is 4.79 Å². The van der Waals surface area contributed by atoms with E-state index in [1.54, 1.807) is 19.2 Å². The number of carbonyl (C=O) groups is 1. The molecule has 1 heterocycles. The summed E-state index contributed by atoms with van der Waals surface area (Å²) < 4.78 is 10.9. The number of aromatic nitrogens is 1. The Morgan fingerprint density at radius 3 is 2.59 bits per heavy atom. The van der Waals surface area contributed by atoms with Crippen LogP contribution in [-0.2, 0) is 6.42 Å². The molecule has 0 bridgehead atoms. The molecule has 3 rings (SSSR count). The van der Waals surface area contributed by atoms with Gasteiger partial charge in [-0.2, -0.15) is 0 Å². The Morgan fingerprint density at radius 1 is 1.11 bits per heavy atom. The second kappa shape index (κ2) is 8.08. The Kier molecular flexibility index (Phi) is 5.60. The minimum absolute atomic E-state index is 0.160. The van der Waals surface area contributed by atoms with Crippen molar-refractivity contribution in [2.75, 3.05) is 19.0 Å². The number of hydrogen-bond donors (Lipinski definition) is 1. The lowest BCUT2D eigenvalue weighted by molar-refractivity contribution is 0.102. The first kappa shape index (κ1) is 18.7. The first-order valence-corrected chi connectivity index (χ1v) is 9.09. The van der Waals surface area contributed by atoms with Crippen molar-refractivity contribution in [2.45, 2.75) is 27.2 Å². The number of hydrogen-bond acceptors (Lipinski definition) is 4. The Balaban J connectivity index is 2.01. The number of aryl methyl sites for hydroxylation is 1. The van der Waals surface area contributed by atoms with Crippen molar-refractivity contribution in [3.8, 4) is 11.5 Å². The van der Waals surface area contributed by atoms with E-state index in [2.05, 4.69) is 10.3 Å². The number of amides is 1. The fraction of sp³-hybridized carbons (Fsp3) is 0.273. The maximum absolute atomic E-state index is 13.1. The summed E-state index contributed by atoms with van der Waals surface area (Å²) in [6.07, 6.45) is 0.772. The Labute approximate surface area is 159 Å². The summed E-state index contributed by atoms with van der Waals surface area (Å²) in [5.74, 6) is 1.07. The van der Waals surface area contributed by atoms with E-state index < -0.39 is 0 Å². The predicted molar refractivity (Wildman–Crippen MR) is 108 cm³/mol. The van der Waals surface area contributed by atoms with Crippen molar-refractivity contribution in [1.82, 2.24) is 4.98 Å². The molecule has 1 amide bonds. The van der Waals surface area contributed by atoms with Crippen LogP contribution in [0.4, 0.5) is 5.69 Å². The average molecular weight is 364 g/mol. The molecule has 1 aromatic heterocycles. The molecule has 0 saturated carbocycles. The molecule has 0 aliphatic rings. The molecule has 0 radical (unpaired) electrons. The standard InChI is InChI=1S/C22H24N2O3/c1-5-17-14(3)21(16-9-7-8-10-18(16)24-17)22(25)23-15-11-12-19(27-6-2)20(13-15)26-4/h7-13H,5-6H2,1-4H3,(H,23,25). The van der Waals surface area contributed by atoms with Gasteiger partial charge in [-0.3, -0.25) is 9.78 Å². The van der Waals surface area contributed by atoms with Crippen LogP contribution in [0.2, 0.25) is 0 Å². The number of methoxy groups -OCH3 is 1. The molecule has 27 heavy (non-hydrogen) atoms. The summed E-state index contributed by atoms with van der Waals surface area (Å²) >= 11 is 0. The Morgan fingerprint density at radius 2 is 1.89 bits per heavy atom. The van der Waals surface area contributed by atoms with Gasteiger partial charge in [-0.05, 0) is 44.0 Å². The summed E-state index contributed by atoms with van der Waals surface area (Å²) in [7, 11) is 1.58. The number of pyridine rings is 1. The number of nitrogens with zero attached hydrogens (tertiary/aromatic N) is 1. The van der Waals surface area contributed by atoms with E-state index in [1.165, 1.54) is 0 Å². The van der Waals surface area contributed by atoms with Crippen LogP contribution >= 0.6 is 0 Å². The summed E-state index contributed by atoms with van der Waals surface area (Å²) in [4.78, 5) is 17.8. The smallest absolute Gasteiger partial charge is 0.256 e. The number of para-hydroxylation sites is 1. The quantitative estimate of drug-likeness (QED) is 0.685. The molecule has 1 N–H and O–H groups in total. The van der Waals surface area contributed by atoms with Crippen molar-refractivity contribution in [3.05, 3.63) is 59.3 Å². The van der Waals surface area contributed by atoms with E-state index in [1.807, 2.05) is 51.1 Å². The number of carbonyl (C=O) groups excluding carboxylic acids is 1. The molecule has 0 aliphatic heterocycles. The lowest BCUT2D eigenvalue weighted by Crippen LogP contribution is -2.16. The number of nitrogens with one attached hydrogen (secondary N) is 1. The largest absolute Gasteiger partial charge is 0.493 e. The molecule has 0 unspecified atom stereocenters. The summed E-state index contributed by atoms with van der Waals surface area (Å²) in [6, 6.07) is 13.1. The predicted octanol–water partition coefficient (Wildman–Crippen LogP) is 4.77. The number of benzene rings is 2. The van der Waals surface area contributed by atoms with Crippen LogP contribution in [-0.4, -0.2) is 24.6 Å². The molecule has 3 aromatic rings. The highest BCUT2D eigenvalue weighted by atomic mass is 16.5. The van der Waals surface area contributed by atoms with Gasteiger partial charge in [0.1, 0.15) is 0 Å². The molecule has 0 atom stereocenters. The van der Waals surface area contributed by atoms with Crippen molar-refractivity contribution in [2.24, 2.45) is 0 Å². The zero-order valence-electron chi connectivity index (χ0n) is 16.1. The van der Waals surface area contributed by atoms with Gasteiger partial charge in [-0.15, -0.1) is 0 Å². The molecule has 0 aliphatic carbocycles. The van der Waals surface area contributed by atoms with E-state index >= 15 is 0 Å². The number of anilines is 1. The van der Waals surface area contributed by atoms with E-state index in [-0.39, 0.29) is 5.91 Å². The third-order valence-corrected chi connectivity index (χ3v) is 4.52. The maximum Gasteiger partial charge on any atom is 0.256 e. The van der Waals surface area contributed by atoms with Crippen molar-refractivity contribution in [1.29, 1.82) is 0 Å². The van der Waals surface area contributed by atoms with Crippen LogP contribution in [0.3, 0.4) is 0 Å². The van der Waals surface area contributed by atoms with Crippen LogP contribution in [0, 0.1) is 6.92 Å². The van der Waals surface area contributed by atoms with Gasteiger partial charge in [0.25, 0.3) is 5.91 Å². The highest BCUT2D eigenvalue weighted by Crippen LogP contribution is 2.31. The fourth-order valence-corrected chi connectivity index (χ4v) is 3.21. The Hall–Kier alpha value is -3.08. The summed E-state index contributed by atoms with van der Waals surface area (Å²) in [5, 5.41) is 3.83. The topological polar surface area (TPSA) is 60.5 Å². The van der Waals surface area contributed by atoms with Crippen LogP contribution in [0.15, 0.2) is 42.5 Å². The molecule has 0 spiro atoms. The second-order valence-electron chi connectivity index (χ2n) is 6.18. The van der Waals surface area contributed by atoms with Gasteiger partial charge in [-0.25, -0.2) is 0 Å². The van der Waals surface area contributed by atoms with Gasteiger partial charge >= 0.3 is 0 Å². The van der Waals surface area contributed by atoms with Crippen LogP contribution in [0.5, 0.6) is 11.5 Å². The van der Waals surface area contributed by atoms with Gasteiger partial charge in [-0.1, -0.05) is 25.1 Å². The number of ether oxygens (including phenoxy) is 2. The minimum atomic E-state index is -0.160. The third kappa shape index (κ3) is 3.72. The number of rotatable bonds is 6. The van der Waals surface area contributed by atoms with Crippen LogP contribution in [0.1, 0.15) is 35.5 Å². The molecule has 140 valence electrons. The third-order valence-electron chi connectivity index (χ3n) is 4.52. The summed E-state index contributed by atoms with van der Waals surface area (Å²) in [6.45, 7) is 6.46. The SMILES string of the molecule is CCOc1ccc(NC(=O)c2c(C)c(CC)nc3ccccc23)cc1OC. The van der Waals surface area contributed by atoms with Crippen LogP contribution < -0.4 is 14.8 Å². The number of fused-ring (bicyclic) bond motifs is 1. The first-order valence-electron chi connectivity index (χ1n) is 9.09. The maximum atomic E-state index is 13.1.